The Bertz CT molecular complexity index is 358. The normalized spacial score (nSPS) is 9.86. The topological polar surface area (TPSA) is 34.1 Å². The summed E-state index contributed by atoms with van der Waals surface area (Å²) in [7, 11) is 0. The van der Waals surface area contributed by atoms with Crippen LogP contribution in [0, 0.1) is 6.92 Å². The Labute approximate surface area is 91.4 Å². The Morgan fingerprint density at radius 2 is 2.21 bits per heavy atom. The average Bonchev–Trinajstić information content (AvgIpc) is 2.20. The highest BCUT2D eigenvalue weighted by Gasteiger charge is 2.06. The minimum atomic E-state index is 0.0805. The summed E-state index contributed by atoms with van der Waals surface area (Å²) in [6.07, 6.45) is 1.11. The first-order chi connectivity index (χ1) is 6.67. The number of ketones is 1. The van der Waals surface area contributed by atoms with Crippen LogP contribution < -0.4 is 0 Å². The molecule has 0 atom stereocenters. The summed E-state index contributed by atoms with van der Waals surface area (Å²) in [5.41, 5.74) is 2.44. The Morgan fingerprint density at radius 1 is 1.50 bits per heavy atom. The van der Waals surface area contributed by atoms with Gasteiger partial charge in [-0.2, -0.15) is 0 Å². The first-order valence-electron chi connectivity index (χ1n) is 4.29. The smallest absolute Gasteiger partial charge is 0.150 e. The summed E-state index contributed by atoms with van der Waals surface area (Å²) in [6.45, 7) is 1.92. The molecule has 3 heteroatoms. The van der Waals surface area contributed by atoms with Gasteiger partial charge in [0.2, 0.25) is 0 Å². The van der Waals surface area contributed by atoms with E-state index in [1.165, 1.54) is 0 Å². The minimum Gasteiger partial charge on any atom is -0.298 e. The van der Waals surface area contributed by atoms with Crippen LogP contribution in [0.3, 0.4) is 0 Å². The zero-order valence-electron chi connectivity index (χ0n) is 7.92. The first-order valence-corrected chi connectivity index (χ1v) is 5.42. The number of benzene rings is 1. The van der Waals surface area contributed by atoms with Crippen molar-refractivity contribution in [3.05, 3.63) is 34.9 Å². The van der Waals surface area contributed by atoms with Crippen molar-refractivity contribution in [2.24, 2.45) is 0 Å². The van der Waals surface area contributed by atoms with Gasteiger partial charge in [-0.25, -0.2) is 0 Å². The molecule has 0 N–H and O–H groups in total. The zero-order valence-corrected chi connectivity index (χ0v) is 9.50. The summed E-state index contributed by atoms with van der Waals surface area (Å²) >= 11 is 3.10. The summed E-state index contributed by atoms with van der Waals surface area (Å²) in [6, 6.07) is 5.54. The molecule has 0 saturated heterocycles. The standard InChI is InChI=1S/C11H11BrO2/c1-8-2-3-9(5-11(14)6-12)10(4-8)7-13/h2-4,7H,5-6H2,1H3. The molecule has 1 rings (SSSR count). The lowest BCUT2D eigenvalue weighted by Gasteiger charge is -2.03. The van der Waals surface area contributed by atoms with E-state index < -0.39 is 0 Å². The van der Waals surface area contributed by atoms with Crippen molar-refractivity contribution >= 4 is 28.0 Å². The number of carbonyl (C=O) groups is 2. The molecule has 1 aromatic rings. The molecule has 74 valence electrons. The highest BCUT2D eigenvalue weighted by atomic mass is 79.9. The number of hydrogen-bond acceptors (Lipinski definition) is 2. The molecule has 0 radical (unpaired) electrons. The van der Waals surface area contributed by atoms with Gasteiger partial charge in [-0.15, -0.1) is 0 Å². The molecule has 2 nitrogen and oxygen atoms in total. The molecule has 0 fully saturated rings. The molecular formula is C11H11BrO2. The first kappa shape index (κ1) is 11.1. The van der Waals surface area contributed by atoms with E-state index in [0.29, 0.717) is 17.3 Å². The lowest BCUT2D eigenvalue weighted by atomic mass is 10.0. The fraction of sp³-hybridized carbons (Fsp3) is 0.273. The van der Waals surface area contributed by atoms with Crippen molar-refractivity contribution in [3.8, 4) is 0 Å². The fourth-order valence-corrected chi connectivity index (χ4v) is 1.44. The Kier molecular flexibility index (Phi) is 4.01. The van der Waals surface area contributed by atoms with Gasteiger partial charge in [-0.05, 0) is 18.6 Å². The van der Waals surface area contributed by atoms with Crippen LogP contribution in [0.4, 0.5) is 0 Å². The van der Waals surface area contributed by atoms with Gasteiger partial charge in [-0.3, -0.25) is 9.59 Å². The third-order valence-corrected chi connectivity index (χ3v) is 2.59. The maximum atomic E-state index is 11.2. The molecule has 0 spiro atoms. The predicted octanol–water partition coefficient (Wildman–Crippen LogP) is 2.31. The molecule has 0 aliphatic heterocycles. The number of Topliss-reactive ketones (excluding diaryl/α,β-unsaturated/α-hetero) is 1. The third-order valence-electron chi connectivity index (χ3n) is 1.97. The van der Waals surface area contributed by atoms with Crippen LogP contribution in [-0.4, -0.2) is 17.4 Å². The van der Waals surface area contributed by atoms with Crippen LogP contribution in [-0.2, 0) is 11.2 Å². The molecule has 0 heterocycles. The summed E-state index contributed by atoms with van der Waals surface area (Å²) in [5.74, 6) is 0.0805. The van der Waals surface area contributed by atoms with Crippen LogP contribution in [0.25, 0.3) is 0 Å². The van der Waals surface area contributed by atoms with Crippen molar-refractivity contribution < 1.29 is 9.59 Å². The van der Waals surface area contributed by atoms with Crippen molar-refractivity contribution in [2.45, 2.75) is 13.3 Å². The SMILES string of the molecule is Cc1ccc(CC(=O)CBr)c(C=O)c1. The van der Waals surface area contributed by atoms with Crippen molar-refractivity contribution in [3.63, 3.8) is 0 Å². The van der Waals surface area contributed by atoms with E-state index >= 15 is 0 Å². The molecule has 0 amide bonds. The summed E-state index contributed by atoms with van der Waals surface area (Å²) in [4.78, 5) is 21.9. The maximum Gasteiger partial charge on any atom is 0.150 e. The van der Waals surface area contributed by atoms with Crippen molar-refractivity contribution in [1.29, 1.82) is 0 Å². The molecule has 0 aromatic heterocycles. The van der Waals surface area contributed by atoms with Gasteiger partial charge in [0, 0.05) is 12.0 Å². The van der Waals surface area contributed by atoms with E-state index in [4.69, 9.17) is 0 Å². The molecule has 0 unspecified atom stereocenters. The Balaban J connectivity index is 2.96. The molecule has 0 saturated carbocycles. The van der Waals surface area contributed by atoms with E-state index in [9.17, 15) is 9.59 Å². The van der Waals surface area contributed by atoms with E-state index in [2.05, 4.69) is 15.9 Å². The van der Waals surface area contributed by atoms with Crippen LogP contribution in [0.5, 0.6) is 0 Å². The lowest BCUT2D eigenvalue weighted by Crippen LogP contribution is -2.06. The number of alkyl halides is 1. The van der Waals surface area contributed by atoms with Crippen LogP contribution in [0.2, 0.25) is 0 Å². The maximum absolute atomic E-state index is 11.2. The van der Waals surface area contributed by atoms with Crippen LogP contribution in [0.1, 0.15) is 21.5 Å². The van der Waals surface area contributed by atoms with Crippen molar-refractivity contribution in [1.82, 2.24) is 0 Å². The zero-order chi connectivity index (χ0) is 10.6. The van der Waals surface area contributed by atoms with E-state index in [1.807, 2.05) is 19.1 Å². The molecule has 0 aliphatic rings. The number of hydrogen-bond donors (Lipinski definition) is 0. The van der Waals surface area contributed by atoms with E-state index in [-0.39, 0.29) is 5.78 Å². The molecular weight excluding hydrogens is 244 g/mol. The highest BCUT2D eigenvalue weighted by Crippen LogP contribution is 2.11. The quantitative estimate of drug-likeness (QED) is 0.611. The largest absolute Gasteiger partial charge is 0.298 e. The van der Waals surface area contributed by atoms with Gasteiger partial charge < -0.3 is 0 Å². The predicted molar refractivity (Wildman–Crippen MR) is 59.1 cm³/mol. The lowest BCUT2D eigenvalue weighted by molar-refractivity contribution is -0.115. The second kappa shape index (κ2) is 5.05. The fourth-order valence-electron chi connectivity index (χ4n) is 1.24. The van der Waals surface area contributed by atoms with Gasteiger partial charge in [0.25, 0.3) is 0 Å². The number of rotatable bonds is 4. The highest BCUT2D eigenvalue weighted by molar-refractivity contribution is 9.09. The van der Waals surface area contributed by atoms with Gasteiger partial charge >= 0.3 is 0 Å². The molecule has 0 bridgehead atoms. The minimum absolute atomic E-state index is 0.0805. The second-order valence-corrected chi connectivity index (χ2v) is 3.73. The van der Waals surface area contributed by atoms with Gasteiger partial charge in [0.05, 0.1) is 5.33 Å². The third kappa shape index (κ3) is 2.77. The number of aryl methyl sites for hydroxylation is 1. The molecule has 1 aromatic carbocycles. The summed E-state index contributed by atoms with van der Waals surface area (Å²) < 4.78 is 0. The van der Waals surface area contributed by atoms with Gasteiger partial charge in [0.1, 0.15) is 12.1 Å². The van der Waals surface area contributed by atoms with Crippen molar-refractivity contribution in [2.75, 3.05) is 5.33 Å². The molecule has 0 aliphatic carbocycles. The number of aldehydes is 1. The van der Waals surface area contributed by atoms with Gasteiger partial charge in [-0.1, -0.05) is 33.6 Å². The van der Waals surface area contributed by atoms with E-state index in [0.717, 1.165) is 17.4 Å². The summed E-state index contributed by atoms with van der Waals surface area (Å²) in [5, 5.41) is 0.333. The Morgan fingerprint density at radius 3 is 2.79 bits per heavy atom. The number of halogens is 1. The van der Waals surface area contributed by atoms with Crippen LogP contribution in [0.15, 0.2) is 18.2 Å². The second-order valence-electron chi connectivity index (χ2n) is 3.17. The average molecular weight is 255 g/mol. The molecule has 14 heavy (non-hydrogen) atoms. The van der Waals surface area contributed by atoms with Crippen LogP contribution >= 0.6 is 15.9 Å². The Hall–Kier alpha value is -0.960. The van der Waals surface area contributed by atoms with Gasteiger partial charge in [0.15, 0.2) is 0 Å². The number of carbonyl (C=O) groups excluding carboxylic acids is 2. The monoisotopic (exact) mass is 254 g/mol. The van der Waals surface area contributed by atoms with E-state index in [1.54, 1.807) is 6.07 Å².